The maximum atomic E-state index is 12.9. The Balaban J connectivity index is 1.67. The standard InChI is InChI=1S/C18H16Cl2N2O2S2/c1-11-9-12-10-15(17(23)13-3-2-4-14(19)16(13)20)25-18(12)22(11)26-21-5-7-24-8-6-21/h2-4,9-10H,5-8H2,1H3. The minimum absolute atomic E-state index is 0.0979. The lowest BCUT2D eigenvalue weighted by Gasteiger charge is -2.25. The van der Waals surface area contributed by atoms with Gasteiger partial charge in [0, 0.05) is 41.9 Å². The summed E-state index contributed by atoms with van der Waals surface area (Å²) in [5.41, 5.74) is 1.59. The molecule has 2 aromatic heterocycles. The molecule has 26 heavy (non-hydrogen) atoms. The van der Waals surface area contributed by atoms with Gasteiger partial charge in [0.25, 0.3) is 0 Å². The summed E-state index contributed by atoms with van der Waals surface area (Å²) in [5.74, 6) is -0.0979. The summed E-state index contributed by atoms with van der Waals surface area (Å²) in [5, 5.41) is 1.76. The van der Waals surface area contributed by atoms with Crippen molar-refractivity contribution in [2.24, 2.45) is 0 Å². The smallest absolute Gasteiger partial charge is 0.204 e. The topological polar surface area (TPSA) is 34.5 Å². The second-order valence-electron chi connectivity index (χ2n) is 6.00. The summed E-state index contributed by atoms with van der Waals surface area (Å²) in [6.45, 7) is 5.35. The van der Waals surface area contributed by atoms with E-state index in [0.29, 0.717) is 20.5 Å². The molecule has 0 aliphatic carbocycles. The fraction of sp³-hybridized carbons (Fsp3) is 0.278. The van der Waals surface area contributed by atoms with Gasteiger partial charge in [-0.05, 0) is 31.2 Å². The third kappa shape index (κ3) is 3.42. The summed E-state index contributed by atoms with van der Waals surface area (Å²) >= 11 is 15.4. The van der Waals surface area contributed by atoms with Gasteiger partial charge < -0.3 is 4.74 Å². The molecule has 3 aromatic rings. The molecule has 1 saturated heterocycles. The lowest BCUT2D eigenvalue weighted by molar-refractivity contribution is 0.0771. The number of morpholine rings is 1. The summed E-state index contributed by atoms with van der Waals surface area (Å²) < 4.78 is 9.88. The maximum absolute atomic E-state index is 12.9. The van der Waals surface area contributed by atoms with Crippen molar-refractivity contribution >= 4 is 62.7 Å². The van der Waals surface area contributed by atoms with Crippen molar-refractivity contribution in [1.29, 1.82) is 0 Å². The molecular formula is C18H16Cl2N2O2S2. The molecule has 1 aliphatic heterocycles. The number of hydrogen-bond acceptors (Lipinski definition) is 5. The van der Waals surface area contributed by atoms with E-state index in [0.717, 1.165) is 42.2 Å². The quantitative estimate of drug-likeness (QED) is 0.419. The van der Waals surface area contributed by atoms with Crippen molar-refractivity contribution < 1.29 is 9.53 Å². The average molecular weight is 427 g/mol. The normalized spacial score (nSPS) is 15.7. The van der Waals surface area contributed by atoms with E-state index in [2.05, 4.69) is 21.3 Å². The molecule has 1 fully saturated rings. The number of fused-ring (bicyclic) bond motifs is 1. The van der Waals surface area contributed by atoms with E-state index >= 15 is 0 Å². The van der Waals surface area contributed by atoms with Crippen LogP contribution in [0.4, 0.5) is 0 Å². The number of ketones is 1. The lowest BCUT2D eigenvalue weighted by Crippen LogP contribution is -2.32. The number of carbonyl (C=O) groups is 1. The summed E-state index contributed by atoms with van der Waals surface area (Å²) in [6, 6.07) is 9.18. The first-order valence-electron chi connectivity index (χ1n) is 8.16. The Morgan fingerprint density at radius 2 is 2.00 bits per heavy atom. The number of hydrogen-bond donors (Lipinski definition) is 0. The Morgan fingerprint density at radius 1 is 1.23 bits per heavy atom. The third-order valence-electron chi connectivity index (χ3n) is 4.20. The highest BCUT2D eigenvalue weighted by atomic mass is 35.5. The Kier molecular flexibility index (Phi) is 5.32. The highest BCUT2D eigenvalue weighted by molar-refractivity contribution is 7.95. The second-order valence-corrected chi connectivity index (χ2v) is 8.87. The molecule has 0 amide bonds. The third-order valence-corrected chi connectivity index (χ3v) is 7.50. The van der Waals surface area contributed by atoms with Crippen molar-refractivity contribution in [2.75, 3.05) is 26.3 Å². The Labute approximate surface area is 169 Å². The van der Waals surface area contributed by atoms with Crippen molar-refractivity contribution in [2.45, 2.75) is 6.92 Å². The van der Waals surface area contributed by atoms with E-state index < -0.39 is 0 Å². The van der Waals surface area contributed by atoms with Crippen LogP contribution in [0.2, 0.25) is 10.0 Å². The summed E-state index contributed by atoms with van der Waals surface area (Å²) in [6.07, 6.45) is 0. The molecule has 0 radical (unpaired) electrons. The summed E-state index contributed by atoms with van der Waals surface area (Å²) in [4.78, 5) is 14.6. The Morgan fingerprint density at radius 3 is 2.77 bits per heavy atom. The van der Waals surface area contributed by atoms with Crippen LogP contribution in [-0.4, -0.2) is 40.4 Å². The Hall–Kier alpha value is -1.02. The number of halogens is 2. The molecule has 4 nitrogen and oxygen atoms in total. The van der Waals surface area contributed by atoms with Crippen LogP contribution in [-0.2, 0) is 4.74 Å². The SMILES string of the molecule is Cc1cc2cc(C(=O)c3cccc(Cl)c3Cl)sc2n1SN1CCOCC1. The van der Waals surface area contributed by atoms with E-state index in [1.165, 1.54) is 11.3 Å². The van der Waals surface area contributed by atoms with Gasteiger partial charge in [-0.1, -0.05) is 29.3 Å². The average Bonchev–Trinajstić information content (AvgIpc) is 3.17. The van der Waals surface area contributed by atoms with E-state index in [4.69, 9.17) is 27.9 Å². The van der Waals surface area contributed by atoms with E-state index in [9.17, 15) is 4.79 Å². The van der Waals surface area contributed by atoms with Crippen LogP contribution in [0.15, 0.2) is 30.3 Å². The Bertz CT molecular complexity index is 977. The predicted molar refractivity (Wildman–Crippen MR) is 110 cm³/mol. The molecular weight excluding hydrogens is 411 g/mol. The largest absolute Gasteiger partial charge is 0.379 e. The zero-order valence-electron chi connectivity index (χ0n) is 14.0. The lowest BCUT2D eigenvalue weighted by atomic mass is 10.1. The highest BCUT2D eigenvalue weighted by Gasteiger charge is 2.21. The van der Waals surface area contributed by atoms with Gasteiger partial charge in [0.05, 0.1) is 28.1 Å². The van der Waals surface area contributed by atoms with Gasteiger partial charge >= 0.3 is 0 Å². The van der Waals surface area contributed by atoms with Gasteiger partial charge in [-0.15, -0.1) is 11.3 Å². The van der Waals surface area contributed by atoms with Gasteiger partial charge in [0.2, 0.25) is 5.78 Å². The minimum atomic E-state index is -0.0979. The molecule has 0 unspecified atom stereocenters. The predicted octanol–water partition coefficient (Wildman–Crippen LogP) is 5.29. The number of benzene rings is 1. The van der Waals surface area contributed by atoms with Crippen LogP contribution < -0.4 is 0 Å². The number of nitrogens with zero attached hydrogens (tertiary/aromatic N) is 2. The second kappa shape index (κ2) is 7.54. The van der Waals surface area contributed by atoms with Crippen LogP contribution in [0.3, 0.4) is 0 Å². The zero-order valence-corrected chi connectivity index (χ0v) is 17.1. The number of aryl methyl sites for hydroxylation is 1. The summed E-state index contributed by atoms with van der Waals surface area (Å²) in [7, 11) is 0. The molecule has 0 atom stereocenters. The van der Waals surface area contributed by atoms with Crippen molar-refractivity contribution in [3.05, 3.63) is 56.5 Å². The van der Waals surface area contributed by atoms with Crippen molar-refractivity contribution in [3.63, 3.8) is 0 Å². The van der Waals surface area contributed by atoms with Gasteiger partial charge in [-0.25, -0.2) is 4.31 Å². The molecule has 8 heteroatoms. The first kappa shape index (κ1) is 18.3. The van der Waals surface area contributed by atoms with Gasteiger partial charge in [-0.2, -0.15) is 0 Å². The van der Waals surface area contributed by atoms with E-state index in [1.54, 1.807) is 30.3 Å². The molecule has 4 rings (SSSR count). The minimum Gasteiger partial charge on any atom is -0.379 e. The molecule has 0 spiro atoms. The van der Waals surface area contributed by atoms with Gasteiger partial charge in [0.15, 0.2) is 0 Å². The number of rotatable bonds is 4. The first-order chi connectivity index (χ1) is 12.5. The molecule has 3 heterocycles. The van der Waals surface area contributed by atoms with E-state index in [1.807, 2.05) is 6.07 Å². The van der Waals surface area contributed by atoms with Crippen LogP contribution in [0, 0.1) is 6.92 Å². The molecule has 0 bridgehead atoms. The monoisotopic (exact) mass is 426 g/mol. The van der Waals surface area contributed by atoms with Crippen LogP contribution in [0.25, 0.3) is 10.2 Å². The highest BCUT2D eigenvalue weighted by Crippen LogP contribution is 2.36. The fourth-order valence-corrected chi connectivity index (χ4v) is 5.43. The van der Waals surface area contributed by atoms with Crippen molar-refractivity contribution in [1.82, 2.24) is 8.28 Å². The van der Waals surface area contributed by atoms with E-state index in [-0.39, 0.29) is 5.78 Å². The first-order valence-corrected chi connectivity index (χ1v) is 10.5. The number of thiophene rings is 1. The zero-order chi connectivity index (χ0) is 18.3. The number of carbonyl (C=O) groups excluding carboxylic acids is 1. The molecule has 136 valence electrons. The van der Waals surface area contributed by atoms with Crippen LogP contribution in [0.1, 0.15) is 20.9 Å². The van der Waals surface area contributed by atoms with Gasteiger partial charge in [-0.3, -0.25) is 8.77 Å². The molecule has 0 saturated carbocycles. The number of ether oxygens (including phenoxy) is 1. The molecule has 1 aromatic carbocycles. The molecule has 0 N–H and O–H groups in total. The van der Waals surface area contributed by atoms with Crippen LogP contribution >= 0.6 is 46.7 Å². The van der Waals surface area contributed by atoms with Gasteiger partial charge in [0.1, 0.15) is 4.83 Å². The van der Waals surface area contributed by atoms with Crippen LogP contribution in [0.5, 0.6) is 0 Å². The molecule has 1 aliphatic rings. The maximum Gasteiger partial charge on any atom is 0.204 e. The number of aromatic nitrogens is 1. The van der Waals surface area contributed by atoms with Crippen molar-refractivity contribution in [3.8, 4) is 0 Å². The fourth-order valence-electron chi connectivity index (χ4n) is 2.87.